The van der Waals surface area contributed by atoms with Crippen LogP contribution in [0.25, 0.3) is 0 Å². The molecule has 0 aliphatic carbocycles. The first-order chi connectivity index (χ1) is 11.0. The predicted octanol–water partition coefficient (Wildman–Crippen LogP) is 5.39. The van der Waals surface area contributed by atoms with Gasteiger partial charge in [-0.3, -0.25) is 0 Å². The highest BCUT2D eigenvalue weighted by Gasteiger charge is 2.21. The van der Waals surface area contributed by atoms with E-state index in [0.717, 1.165) is 29.5 Å². The van der Waals surface area contributed by atoms with E-state index in [1.54, 1.807) is 6.26 Å². The summed E-state index contributed by atoms with van der Waals surface area (Å²) in [7, 11) is 0. The Morgan fingerprint density at radius 2 is 1.91 bits per heavy atom. The van der Waals surface area contributed by atoms with E-state index in [0.29, 0.717) is 5.92 Å². The topological polar surface area (TPSA) is 28.4 Å². The van der Waals surface area contributed by atoms with E-state index < -0.39 is 0 Å². The molecule has 1 N–H and O–H groups in total. The molecule has 1 atom stereocenters. The smallest absolute Gasteiger partial charge is 0.174 e. The zero-order valence-corrected chi connectivity index (χ0v) is 15.2. The minimum absolute atomic E-state index is 0.104. The van der Waals surface area contributed by atoms with Gasteiger partial charge in [0.2, 0.25) is 0 Å². The van der Waals surface area contributed by atoms with E-state index in [4.69, 9.17) is 16.6 Å². The second kappa shape index (κ2) is 8.16. The van der Waals surface area contributed by atoms with Crippen molar-refractivity contribution in [2.24, 2.45) is 5.92 Å². The first-order valence-electron chi connectivity index (χ1n) is 8.15. The molecule has 0 fully saturated rings. The molecule has 0 bridgehead atoms. The first kappa shape index (κ1) is 17.5. The quantitative estimate of drug-likeness (QED) is 0.718. The molecule has 3 nitrogen and oxygen atoms in total. The van der Waals surface area contributed by atoms with Gasteiger partial charge in [0.15, 0.2) is 5.11 Å². The van der Waals surface area contributed by atoms with Gasteiger partial charge >= 0.3 is 0 Å². The second-order valence-corrected chi connectivity index (χ2v) is 6.70. The summed E-state index contributed by atoms with van der Waals surface area (Å²) in [6, 6.07) is 12.2. The number of aryl methyl sites for hydroxylation is 1. The highest BCUT2D eigenvalue weighted by atomic mass is 32.1. The summed E-state index contributed by atoms with van der Waals surface area (Å²) < 4.78 is 5.58. The van der Waals surface area contributed by atoms with Crippen molar-refractivity contribution in [3.05, 3.63) is 54.0 Å². The van der Waals surface area contributed by atoms with Gasteiger partial charge < -0.3 is 14.6 Å². The molecule has 0 aliphatic heterocycles. The van der Waals surface area contributed by atoms with E-state index in [1.807, 2.05) is 24.3 Å². The summed E-state index contributed by atoms with van der Waals surface area (Å²) in [5, 5.41) is 4.13. The van der Waals surface area contributed by atoms with Crippen LogP contribution in [0.15, 0.2) is 47.1 Å². The van der Waals surface area contributed by atoms with Crippen LogP contribution in [0, 0.1) is 12.8 Å². The maximum Gasteiger partial charge on any atom is 0.174 e. The van der Waals surface area contributed by atoms with Gasteiger partial charge in [-0.15, -0.1) is 0 Å². The summed E-state index contributed by atoms with van der Waals surface area (Å²) in [4.78, 5) is 2.21. The molecule has 0 unspecified atom stereocenters. The van der Waals surface area contributed by atoms with Crippen molar-refractivity contribution < 1.29 is 4.42 Å². The monoisotopic (exact) mass is 330 g/mol. The van der Waals surface area contributed by atoms with Gasteiger partial charge in [-0.25, -0.2) is 0 Å². The zero-order valence-electron chi connectivity index (χ0n) is 14.4. The molecule has 124 valence electrons. The molecule has 23 heavy (non-hydrogen) atoms. The van der Waals surface area contributed by atoms with Gasteiger partial charge in [0, 0.05) is 12.2 Å². The third-order valence-electron chi connectivity index (χ3n) is 4.02. The van der Waals surface area contributed by atoms with E-state index in [2.05, 4.69) is 50.0 Å². The summed E-state index contributed by atoms with van der Waals surface area (Å²) in [6.45, 7) is 9.57. The maximum absolute atomic E-state index is 5.69. The number of thiocarbonyl (C=S) groups is 1. The molecular formula is C19H26N2OS. The summed E-state index contributed by atoms with van der Waals surface area (Å²) in [5.74, 6) is 1.56. The largest absolute Gasteiger partial charge is 0.467 e. The van der Waals surface area contributed by atoms with Crippen LogP contribution in [-0.4, -0.2) is 16.6 Å². The van der Waals surface area contributed by atoms with Crippen LogP contribution in [0.3, 0.4) is 0 Å². The van der Waals surface area contributed by atoms with Gasteiger partial charge in [0.1, 0.15) is 5.76 Å². The molecule has 0 saturated carbocycles. The third kappa shape index (κ3) is 4.83. The lowest BCUT2D eigenvalue weighted by Gasteiger charge is -2.31. The Bertz CT molecular complexity index is 622. The number of nitrogens with one attached hydrogen (secondary N) is 1. The van der Waals surface area contributed by atoms with Gasteiger partial charge in [-0.1, -0.05) is 32.0 Å². The number of furan rings is 1. The van der Waals surface area contributed by atoms with Crippen LogP contribution in [0.2, 0.25) is 0 Å². The van der Waals surface area contributed by atoms with Crippen molar-refractivity contribution in [3.8, 4) is 0 Å². The fourth-order valence-corrected chi connectivity index (χ4v) is 2.81. The van der Waals surface area contributed by atoms with Crippen LogP contribution in [0.4, 0.5) is 5.69 Å². The number of benzene rings is 1. The van der Waals surface area contributed by atoms with Crippen LogP contribution >= 0.6 is 12.2 Å². The van der Waals surface area contributed by atoms with Crippen molar-refractivity contribution in [3.63, 3.8) is 0 Å². The SMILES string of the molecule is Cc1ccccc1NC(=S)N(CCC(C)C)[C@H](C)c1ccco1. The average molecular weight is 330 g/mol. The van der Waals surface area contributed by atoms with Crippen LogP contribution in [-0.2, 0) is 0 Å². The Labute approximate surface area is 144 Å². The van der Waals surface area contributed by atoms with Crippen molar-refractivity contribution in [2.75, 3.05) is 11.9 Å². The predicted molar refractivity (Wildman–Crippen MR) is 101 cm³/mol. The molecule has 0 spiro atoms. The van der Waals surface area contributed by atoms with Gasteiger partial charge in [-0.2, -0.15) is 0 Å². The van der Waals surface area contributed by atoms with Crippen molar-refractivity contribution >= 4 is 23.0 Å². The number of hydrogen-bond donors (Lipinski definition) is 1. The number of hydrogen-bond acceptors (Lipinski definition) is 2. The molecule has 0 radical (unpaired) electrons. The normalized spacial score (nSPS) is 12.2. The Morgan fingerprint density at radius 1 is 1.17 bits per heavy atom. The Balaban J connectivity index is 2.15. The van der Waals surface area contributed by atoms with Gasteiger partial charge in [0.05, 0.1) is 12.3 Å². The molecule has 2 rings (SSSR count). The van der Waals surface area contributed by atoms with Gasteiger partial charge in [0.25, 0.3) is 0 Å². The molecule has 1 heterocycles. The number of nitrogens with zero attached hydrogens (tertiary/aromatic N) is 1. The summed E-state index contributed by atoms with van der Waals surface area (Å²) in [5.41, 5.74) is 2.24. The van der Waals surface area contributed by atoms with E-state index in [1.165, 1.54) is 5.56 Å². The standard InChI is InChI=1S/C19H26N2OS/c1-14(2)11-12-21(16(4)18-10-7-13-22-18)19(23)20-17-9-6-5-8-15(17)3/h5-10,13-14,16H,11-12H2,1-4H3,(H,20,23)/t16-/m1/s1. The Morgan fingerprint density at radius 3 is 2.52 bits per heavy atom. The summed E-state index contributed by atoms with van der Waals surface area (Å²) in [6.07, 6.45) is 2.80. The average Bonchev–Trinajstić information content (AvgIpc) is 3.03. The molecular weight excluding hydrogens is 304 g/mol. The zero-order chi connectivity index (χ0) is 16.8. The Kier molecular flexibility index (Phi) is 6.22. The van der Waals surface area contributed by atoms with E-state index >= 15 is 0 Å². The van der Waals surface area contributed by atoms with Crippen molar-refractivity contribution in [2.45, 2.75) is 40.2 Å². The molecule has 0 amide bonds. The number of rotatable bonds is 6. The Hall–Kier alpha value is -1.81. The third-order valence-corrected chi connectivity index (χ3v) is 4.35. The van der Waals surface area contributed by atoms with E-state index in [-0.39, 0.29) is 6.04 Å². The lowest BCUT2D eigenvalue weighted by molar-refractivity contribution is 0.281. The molecule has 1 aromatic heterocycles. The molecule has 4 heteroatoms. The molecule has 1 aromatic carbocycles. The van der Waals surface area contributed by atoms with E-state index in [9.17, 15) is 0 Å². The minimum Gasteiger partial charge on any atom is -0.467 e. The van der Waals surface area contributed by atoms with Crippen LogP contribution in [0.1, 0.15) is 44.6 Å². The molecule has 2 aromatic rings. The molecule has 0 saturated heterocycles. The van der Waals surface area contributed by atoms with Crippen molar-refractivity contribution in [1.82, 2.24) is 4.90 Å². The maximum atomic E-state index is 5.69. The van der Waals surface area contributed by atoms with Crippen molar-refractivity contribution in [1.29, 1.82) is 0 Å². The summed E-state index contributed by atoms with van der Waals surface area (Å²) >= 11 is 5.69. The van der Waals surface area contributed by atoms with Gasteiger partial charge in [-0.05, 0) is 62.2 Å². The molecule has 0 aliphatic rings. The first-order valence-corrected chi connectivity index (χ1v) is 8.56. The highest BCUT2D eigenvalue weighted by Crippen LogP contribution is 2.24. The number of para-hydroxylation sites is 1. The van der Waals surface area contributed by atoms with Crippen LogP contribution in [0.5, 0.6) is 0 Å². The fraction of sp³-hybridized carbons (Fsp3) is 0.421. The lowest BCUT2D eigenvalue weighted by Crippen LogP contribution is -2.38. The lowest BCUT2D eigenvalue weighted by atomic mass is 10.1. The van der Waals surface area contributed by atoms with Crippen LogP contribution < -0.4 is 5.32 Å². The second-order valence-electron chi connectivity index (χ2n) is 6.31. The fourth-order valence-electron chi connectivity index (χ4n) is 2.45. The minimum atomic E-state index is 0.104. The highest BCUT2D eigenvalue weighted by molar-refractivity contribution is 7.80. The number of anilines is 1.